The summed E-state index contributed by atoms with van der Waals surface area (Å²) in [7, 11) is 0. The number of hydrogen-bond donors (Lipinski definition) is 1. The number of halogens is 1. The van der Waals surface area contributed by atoms with Gasteiger partial charge in [-0.3, -0.25) is 0 Å². The number of rotatable bonds is 4. The Balaban J connectivity index is 2.09. The molecular weight excluding hydrogens is 330 g/mol. The molecule has 1 aromatic carbocycles. The highest BCUT2D eigenvalue weighted by molar-refractivity contribution is 9.10. The van der Waals surface area contributed by atoms with Crippen LogP contribution in [-0.2, 0) is 6.61 Å². The van der Waals surface area contributed by atoms with Gasteiger partial charge in [-0.15, -0.1) is 11.3 Å². The standard InChI is InChI=1S/C13H12BrNO3S/c1-7-8(2)19-12(15-7)6-18-11-4-3-9(13(16)17)5-10(11)14/h3-5H,6H2,1-2H3,(H,16,17). The third-order valence-corrected chi connectivity index (χ3v) is 4.27. The van der Waals surface area contributed by atoms with Crippen LogP contribution in [0.25, 0.3) is 0 Å². The van der Waals surface area contributed by atoms with E-state index in [2.05, 4.69) is 20.9 Å². The highest BCUT2D eigenvalue weighted by Gasteiger charge is 2.09. The summed E-state index contributed by atoms with van der Waals surface area (Å²) in [4.78, 5) is 16.4. The lowest BCUT2D eigenvalue weighted by molar-refractivity contribution is 0.0696. The third kappa shape index (κ3) is 3.33. The summed E-state index contributed by atoms with van der Waals surface area (Å²) in [5.41, 5.74) is 1.24. The van der Waals surface area contributed by atoms with Crippen molar-refractivity contribution in [2.24, 2.45) is 0 Å². The van der Waals surface area contributed by atoms with Crippen molar-refractivity contribution in [3.05, 3.63) is 43.8 Å². The van der Waals surface area contributed by atoms with Gasteiger partial charge in [0.15, 0.2) is 0 Å². The fourth-order valence-corrected chi connectivity index (χ4v) is 2.83. The fraction of sp³-hybridized carbons (Fsp3) is 0.231. The largest absolute Gasteiger partial charge is 0.485 e. The highest BCUT2D eigenvalue weighted by atomic mass is 79.9. The minimum Gasteiger partial charge on any atom is -0.485 e. The Morgan fingerprint density at radius 1 is 1.47 bits per heavy atom. The van der Waals surface area contributed by atoms with Gasteiger partial charge in [0.2, 0.25) is 0 Å². The number of aromatic nitrogens is 1. The van der Waals surface area contributed by atoms with Crippen LogP contribution in [0.5, 0.6) is 5.75 Å². The van der Waals surface area contributed by atoms with Gasteiger partial charge in [-0.1, -0.05) is 0 Å². The molecule has 0 bridgehead atoms. The number of carboxylic acid groups (broad SMARTS) is 1. The molecule has 1 N–H and O–H groups in total. The number of thiazole rings is 1. The molecule has 0 atom stereocenters. The predicted octanol–water partition coefficient (Wildman–Crippen LogP) is 3.80. The molecule has 0 saturated heterocycles. The molecule has 0 amide bonds. The first-order chi connectivity index (χ1) is 8.97. The first kappa shape index (κ1) is 14.0. The van der Waals surface area contributed by atoms with E-state index in [1.165, 1.54) is 17.0 Å². The van der Waals surface area contributed by atoms with Gasteiger partial charge >= 0.3 is 5.97 Å². The Bertz CT molecular complexity index is 605. The van der Waals surface area contributed by atoms with Gasteiger partial charge in [0.25, 0.3) is 0 Å². The van der Waals surface area contributed by atoms with Crippen molar-refractivity contribution in [1.82, 2.24) is 4.98 Å². The monoisotopic (exact) mass is 341 g/mol. The van der Waals surface area contributed by atoms with Crippen molar-refractivity contribution in [2.75, 3.05) is 0 Å². The number of carbonyl (C=O) groups is 1. The molecule has 1 heterocycles. The van der Waals surface area contributed by atoms with Gasteiger partial charge in [0, 0.05) is 4.88 Å². The summed E-state index contributed by atoms with van der Waals surface area (Å²) < 4.78 is 6.26. The van der Waals surface area contributed by atoms with Gasteiger partial charge in [-0.05, 0) is 48.0 Å². The number of hydrogen-bond acceptors (Lipinski definition) is 4. The molecule has 0 saturated carbocycles. The molecule has 0 spiro atoms. The number of aryl methyl sites for hydroxylation is 2. The second-order valence-corrected chi connectivity index (χ2v) is 6.13. The zero-order chi connectivity index (χ0) is 14.0. The molecule has 0 fully saturated rings. The lowest BCUT2D eigenvalue weighted by atomic mass is 10.2. The molecule has 0 radical (unpaired) electrons. The molecule has 4 nitrogen and oxygen atoms in total. The van der Waals surface area contributed by atoms with Crippen molar-refractivity contribution in [3.8, 4) is 5.75 Å². The molecule has 0 unspecified atom stereocenters. The topological polar surface area (TPSA) is 59.4 Å². The van der Waals surface area contributed by atoms with Crippen molar-refractivity contribution in [3.63, 3.8) is 0 Å². The van der Waals surface area contributed by atoms with E-state index >= 15 is 0 Å². The summed E-state index contributed by atoms with van der Waals surface area (Å²) in [6, 6.07) is 4.68. The number of carboxylic acids is 1. The van der Waals surface area contributed by atoms with E-state index in [4.69, 9.17) is 9.84 Å². The van der Waals surface area contributed by atoms with Crippen LogP contribution < -0.4 is 4.74 Å². The van der Waals surface area contributed by atoms with Gasteiger partial charge in [-0.25, -0.2) is 9.78 Å². The minimum atomic E-state index is -0.960. The van der Waals surface area contributed by atoms with E-state index in [9.17, 15) is 4.79 Å². The summed E-state index contributed by atoms with van der Waals surface area (Å²) in [5, 5.41) is 9.78. The molecule has 1 aromatic heterocycles. The summed E-state index contributed by atoms with van der Waals surface area (Å²) in [6.45, 7) is 4.37. The molecule has 2 rings (SSSR count). The highest BCUT2D eigenvalue weighted by Crippen LogP contribution is 2.27. The quantitative estimate of drug-likeness (QED) is 0.918. The first-order valence-corrected chi connectivity index (χ1v) is 7.17. The van der Waals surface area contributed by atoms with Crippen LogP contribution in [0.1, 0.15) is 25.9 Å². The second-order valence-electron chi connectivity index (χ2n) is 3.99. The molecule has 0 aliphatic heterocycles. The zero-order valence-corrected chi connectivity index (χ0v) is 12.8. The van der Waals surface area contributed by atoms with Gasteiger partial charge in [-0.2, -0.15) is 0 Å². The van der Waals surface area contributed by atoms with Gasteiger partial charge in [0.05, 0.1) is 15.7 Å². The Morgan fingerprint density at radius 3 is 2.74 bits per heavy atom. The lowest BCUT2D eigenvalue weighted by Gasteiger charge is -2.07. The Kier molecular flexibility index (Phi) is 4.21. The van der Waals surface area contributed by atoms with Crippen molar-refractivity contribution in [2.45, 2.75) is 20.5 Å². The molecule has 19 heavy (non-hydrogen) atoms. The summed E-state index contributed by atoms with van der Waals surface area (Å²) >= 11 is 4.91. The van der Waals surface area contributed by atoms with E-state index < -0.39 is 5.97 Å². The van der Waals surface area contributed by atoms with E-state index in [0.717, 1.165) is 10.7 Å². The SMILES string of the molecule is Cc1nc(COc2ccc(C(=O)O)cc2Br)sc1C. The molecule has 2 aromatic rings. The molecule has 6 heteroatoms. The fourth-order valence-electron chi connectivity index (χ4n) is 1.49. The van der Waals surface area contributed by atoms with Crippen LogP contribution in [0.3, 0.4) is 0 Å². The van der Waals surface area contributed by atoms with E-state index in [0.29, 0.717) is 16.8 Å². The zero-order valence-electron chi connectivity index (χ0n) is 10.4. The Hall–Kier alpha value is -1.40. The Morgan fingerprint density at radius 2 is 2.21 bits per heavy atom. The second kappa shape index (κ2) is 5.71. The number of benzene rings is 1. The predicted molar refractivity (Wildman–Crippen MR) is 77.0 cm³/mol. The average Bonchev–Trinajstić information content (AvgIpc) is 2.67. The van der Waals surface area contributed by atoms with Crippen LogP contribution >= 0.6 is 27.3 Å². The molecule has 0 aliphatic rings. The smallest absolute Gasteiger partial charge is 0.335 e. The maximum atomic E-state index is 10.8. The van der Waals surface area contributed by atoms with Crippen LogP contribution in [0.15, 0.2) is 22.7 Å². The van der Waals surface area contributed by atoms with Gasteiger partial charge in [0.1, 0.15) is 17.4 Å². The Labute approximate surface area is 123 Å². The van der Waals surface area contributed by atoms with E-state index in [1.54, 1.807) is 17.4 Å². The van der Waals surface area contributed by atoms with E-state index in [1.807, 2.05) is 13.8 Å². The number of ether oxygens (including phenoxy) is 1. The van der Waals surface area contributed by atoms with Crippen LogP contribution in [0.2, 0.25) is 0 Å². The number of nitrogens with zero attached hydrogens (tertiary/aromatic N) is 1. The normalized spacial score (nSPS) is 10.5. The lowest BCUT2D eigenvalue weighted by Crippen LogP contribution is -1.99. The van der Waals surface area contributed by atoms with Crippen LogP contribution in [0, 0.1) is 13.8 Å². The van der Waals surface area contributed by atoms with Crippen molar-refractivity contribution < 1.29 is 14.6 Å². The minimum absolute atomic E-state index is 0.222. The number of aromatic carboxylic acids is 1. The molecular formula is C13H12BrNO3S. The summed E-state index contributed by atoms with van der Waals surface area (Å²) in [5.74, 6) is -0.353. The van der Waals surface area contributed by atoms with Crippen LogP contribution in [-0.4, -0.2) is 16.1 Å². The third-order valence-electron chi connectivity index (χ3n) is 2.60. The maximum Gasteiger partial charge on any atom is 0.335 e. The molecule has 0 aliphatic carbocycles. The van der Waals surface area contributed by atoms with E-state index in [-0.39, 0.29) is 5.56 Å². The average molecular weight is 342 g/mol. The maximum absolute atomic E-state index is 10.8. The van der Waals surface area contributed by atoms with Gasteiger partial charge < -0.3 is 9.84 Å². The summed E-state index contributed by atoms with van der Waals surface area (Å²) in [6.07, 6.45) is 0. The molecule has 100 valence electrons. The van der Waals surface area contributed by atoms with Crippen LogP contribution in [0.4, 0.5) is 0 Å². The van der Waals surface area contributed by atoms with Crippen molar-refractivity contribution in [1.29, 1.82) is 0 Å². The first-order valence-electron chi connectivity index (χ1n) is 5.56. The van der Waals surface area contributed by atoms with Crippen molar-refractivity contribution >= 4 is 33.2 Å².